The van der Waals surface area contributed by atoms with Crippen LogP contribution >= 0.6 is 11.6 Å². The SMILES string of the molecule is CCOC(=O)CCc1cc(CCN(c2ccc(Cl)cc2)S(N)(=O)=O)cc(Cc2cccnc2)c1. The molecule has 0 saturated heterocycles. The Morgan fingerprint density at radius 2 is 1.71 bits per heavy atom. The van der Waals surface area contributed by atoms with Crippen LogP contribution in [0.1, 0.15) is 35.6 Å². The van der Waals surface area contributed by atoms with Crippen LogP contribution in [0.2, 0.25) is 5.02 Å². The predicted molar refractivity (Wildman–Crippen MR) is 134 cm³/mol. The Balaban J connectivity index is 1.83. The summed E-state index contributed by atoms with van der Waals surface area (Å²) >= 11 is 5.94. The molecular weight excluding hydrogens is 474 g/mol. The van der Waals surface area contributed by atoms with Gasteiger partial charge in [-0.25, -0.2) is 5.14 Å². The fourth-order valence-corrected chi connectivity index (χ4v) is 4.58. The Morgan fingerprint density at radius 3 is 2.32 bits per heavy atom. The second-order valence-corrected chi connectivity index (χ2v) is 9.75. The van der Waals surface area contributed by atoms with Gasteiger partial charge in [-0.2, -0.15) is 8.42 Å². The number of aromatic nitrogens is 1. The topological polar surface area (TPSA) is 103 Å². The molecule has 1 heterocycles. The van der Waals surface area contributed by atoms with Gasteiger partial charge < -0.3 is 4.74 Å². The maximum Gasteiger partial charge on any atom is 0.306 e. The second kappa shape index (κ2) is 12.0. The molecule has 2 N–H and O–H groups in total. The first kappa shape index (κ1) is 25.7. The summed E-state index contributed by atoms with van der Waals surface area (Å²) in [7, 11) is -3.98. The van der Waals surface area contributed by atoms with Crippen LogP contribution in [-0.4, -0.2) is 32.5 Å². The zero-order valence-electron chi connectivity index (χ0n) is 19.0. The number of carbonyl (C=O) groups is 1. The number of hydrogen-bond acceptors (Lipinski definition) is 5. The van der Waals surface area contributed by atoms with E-state index in [0.29, 0.717) is 36.6 Å². The zero-order valence-corrected chi connectivity index (χ0v) is 20.6. The summed E-state index contributed by atoms with van der Waals surface area (Å²) in [5.74, 6) is -0.246. The summed E-state index contributed by atoms with van der Waals surface area (Å²) in [6.07, 6.45) is 5.45. The lowest BCUT2D eigenvalue weighted by Gasteiger charge is -2.22. The van der Waals surface area contributed by atoms with Crippen molar-refractivity contribution in [2.75, 3.05) is 17.5 Å². The van der Waals surface area contributed by atoms with E-state index in [1.165, 1.54) is 0 Å². The Labute approximate surface area is 205 Å². The van der Waals surface area contributed by atoms with Crippen molar-refractivity contribution in [1.29, 1.82) is 0 Å². The average molecular weight is 502 g/mol. The number of rotatable bonds is 11. The van der Waals surface area contributed by atoms with Crippen molar-refractivity contribution in [3.63, 3.8) is 0 Å². The fraction of sp³-hybridized carbons (Fsp3) is 0.280. The van der Waals surface area contributed by atoms with E-state index in [2.05, 4.69) is 11.1 Å². The van der Waals surface area contributed by atoms with E-state index in [9.17, 15) is 13.2 Å². The highest BCUT2D eigenvalue weighted by atomic mass is 35.5. The lowest BCUT2D eigenvalue weighted by atomic mass is 9.97. The van der Waals surface area contributed by atoms with Gasteiger partial charge in [-0.05, 0) is 78.8 Å². The molecule has 0 amide bonds. The Morgan fingerprint density at radius 1 is 1.03 bits per heavy atom. The molecule has 9 heteroatoms. The number of carbonyl (C=O) groups excluding carboxylic acids is 1. The summed E-state index contributed by atoms with van der Waals surface area (Å²) in [4.78, 5) is 16.0. The molecule has 7 nitrogen and oxygen atoms in total. The van der Waals surface area contributed by atoms with Gasteiger partial charge in [0.05, 0.1) is 12.3 Å². The van der Waals surface area contributed by atoms with Crippen molar-refractivity contribution in [2.45, 2.75) is 32.6 Å². The maximum absolute atomic E-state index is 12.3. The van der Waals surface area contributed by atoms with Crippen LogP contribution in [0.25, 0.3) is 0 Å². The third kappa shape index (κ3) is 7.83. The first-order valence-corrected chi connectivity index (χ1v) is 12.8. The van der Waals surface area contributed by atoms with E-state index in [1.54, 1.807) is 37.4 Å². The van der Waals surface area contributed by atoms with Gasteiger partial charge in [-0.15, -0.1) is 0 Å². The Hall–Kier alpha value is -2.94. The van der Waals surface area contributed by atoms with Crippen molar-refractivity contribution in [2.24, 2.45) is 5.14 Å². The van der Waals surface area contributed by atoms with E-state index in [-0.39, 0.29) is 18.9 Å². The molecule has 3 rings (SSSR count). The van der Waals surface area contributed by atoms with Gasteiger partial charge in [-0.3, -0.25) is 14.1 Å². The smallest absolute Gasteiger partial charge is 0.306 e. The quantitative estimate of drug-likeness (QED) is 0.399. The molecule has 0 aliphatic rings. The number of nitrogens with zero attached hydrogens (tertiary/aromatic N) is 2. The van der Waals surface area contributed by atoms with Gasteiger partial charge in [0.15, 0.2) is 0 Å². The zero-order chi connectivity index (χ0) is 24.6. The molecule has 0 fully saturated rings. The number of ether oxygens (including phenoxy) is 1. The fourth-order valence-electron chi connectivity index (χ4n) is 3.69. The number of benzene rings is 2. The minimum absolute atomic E-state index is 0.161. The number of halogens is 1. The van der Waals surface area contributed by atoms with E-state index in [1.807, 2.05) is 30.5 Å². The molecule has 34 heavy (non-hydrogen) atoms. The van der Waals surface area contributed by atoms with Gasteiger partial charge in [0.25, 0.3) is 10.2 Å². The minimum Gasteiger partial charge on any atom is -0.466 e. The molecule has 2 aromatic carbocycles. The molecule has 0 aliphatic heterocycles. The molecule has 0 unspecified atom stereocenters. The summed E-state index contributed by atoms with van der Waals surface area (Å²) < 4.78 is 30.7. The number of esters is 1. The maximum atomic E-state index is 12.3. The van der Waals surface area contributed by atoms with Crippen LogP contribution in [0.3, 0.4) is 0 Å². The summed E-state index contributed by atoms with van der Waals surface area (Å²) in [5.41, 5.74) is 4.49. The molecule has 0 radical (unpaired) electrons. The Kier molecular flexibility index (Phi) is 9.04. The summed E-state index contributed by atoms with van der Waals surface area (Å²) in [6, 6.07) is 16.5. The predicted octanol–water partition coefficient (Wildman–Crippen LogP) is 4.07. The third-order valence-electron chi connectivity index (χ3n) is 5.19. The first-order chi connectivity index (χ1) is 16.2. The third-order valence-corrected chi connectivity index (χ3v) is 6.45. The Bertz CT molecular complexity index is 1200. The van der Waals surface area contributed by atoms with E-state index < -0.39 is 10.2 Å². The normalized spacial score (nSPS) is 11.3. The van der Waals surface area contributed by atoms with Crippen molar-refractivity contribution in [1.82, 2.24) is 4.98 Å². The van der Waals surface area contributed by atoms with Crippen LogP contribution in [0.15, 0.2) is 67.0 Å². The van der Waals surface area contributed by atoms with Crippen LogP contribution in [-0.2, 0) is 39.0 Å². The molecule has 0 spiro atoms. The van der Waals surface area contributed by atoms with Crippen LogP contribution in [0.4, 0.5) is 5.69 Å². The standard InChI is InChI=1S/C25H28ClN3O4S/c1-2-33-25(30)10-5-19-14-20(16-22(15-19)17-21-4-3-12-28-18-21)11-13-29(34(27,31)32)24-8-6-23(26)7-9-24/h3-4,6-9,12,14-16,18H,2,5,10-11,13,17H2,1H3,(H2,27,31,32). The van der Waals surface area contributed by atoms with Crippen LogP contribution in [0.5, 0.6) is 0 Å². The van der Waals surface area contributed by atoms with Gasteiger partial charge in [0, 0.05) is 30.4 Å². The lowest BCUT2D eigenvalue weighted by molar-refractivity contribution is -0.143. The largest absolute Gasteiger partial charge is 0.466 e. The van der Waals surface area contributed by atoms with Gasteiger partial charge in [-0.1, -0.05) is 35.9 Å². The van der Waals surface area contributed by atoms with Crippen molar-refractivity contribution < 1.29 is 17.9 Å². The van der Waals surface area contributed by atoms with Crippen molar-refractivity contribution in [3.05, 3.63) is 94.3 Å². The number of hydrogen-bond donors (Lipinski definition) is 1. The lowest BCUT2D eigenvalue weighted by Crippen LogP contribution is -2.38. The van der Waals surface area contributed by atoms with Crippen LogP contribution in [0, 0.1) is 0 Å². The van der Waals surface area contributed by atoms with Crippen LogP contribution < -0.4 is 9.44 Å². The highest BCUT2D eigenvalue weighted by Gasteiger charge is 2.18. The van der Waals surface area contributed by atoms with Crippen molar-refractivity contribution >= 4 is 33.5 Å². The molecule has 0 aliphatic carbocycles. The molecule has 0 saturated carbocycles. The van der Waals surface area contributed by atoms with E-state index in [0.717, 1.165) is 26.6 Å². The molecule has 3 aromatic rings. The molecule has 180 valence electrons. The number of anilines is 1. The minimum atomic E-state index is -3.98. The van der Waals surface area contributed by atoms with Gasteiger partial charge in [0.1, 0.15) is 0 Å². The van der Waals surface area contributed by atoms with Gasteiger partial charge in [0.2, 0.25) is 0 Å². The highest BCUT2D eigenvalue weighted by Crippen LogP contribution is 2.22. The number of aryl methyl sites for hydroxylation is 1. The molecule has 0 bridgehead atoms. The van der Waals surface area contributed by atoms with E-state index in [4.69, 9.17) is 21.5 Å². The highest BCUT2D eigenvalue weighted by molar-refractivity contribution is 7.90. The number of nitrogens with two attached hydrogens (primary N) is 1. The number of pyridine rings is 1. The summed E-state index contributed by atoms with van der Waals surface area (Å²) in [6.45, 7) is 2.29. The average Bonchev–Trinajstić information content (AvgIpc) is 2.79. The van der Waals surface area contributed by atoms with Crippen molar-refractivity contribution in [3.8, 4) is 0 Å². The second-order valence-electron chi connectivity index (χ2n) is 7.84. The molecule has 1 aromatic heterocycles. The van der Waals surface area contributed by atoms with E-state index >= 15 is 0 Å². The summed E-state index contributed by atoms with van der Waals surface area (Å²) in [5, 5.41) is 6.00. The van der Waals surface area contributed by atoms with Gasteiger partial charge >= 0.3 is 5.97 Å². The molecule has 0 atom stereocenters. The monoisotopic (exact) mass is 501 g/mol. The molecular formula is C25H28ClN3O4S. The first-order valence-electron chi connectivity index (χ1n) is 11.0.